The molecule has 0 aliphatic rings. The smallest absolute Gasteiger partial charge is 0.251 e. The Balaban J connectivity index is 1.61. The van der Waals surface area contributed by atoms with E-state index in [0.29, 0.717) is 22.6 Å². The van der Waals surface area contributed by atoms with Crippen LogP contribution in [0.3, 0.4) is 0 Å². The molecule has 0 aliphatic carbocycles. The van der Waals surface area contributed by atoms with Gasteiger partial charge in [0.2, 0.25) is 5.91 Å². The number of halogens is 3. The highest BCUT2D eigenvalue weighted by Gasteiger charge is 2.20. The van der Waals surface area contributed by atoms with Crippen molar-refractivity contribution >= 4 is 45.2 Å². The molecular weight excluding hydrogens is 504 g/mol. The van der Waals surface area contributed by atoms with Crippen molar-refractivity contribution in [2.45, 2.75) is 25.0 Å². The summed E-state index contributed by atoms with van der Waals surface area (Å²) in [7, 11) is 1.72. The Morgan fingerprint density at radius 3 is 2.66 bits per heavy atom. The summed E-state index contributed by atoms with van der Waals surface area (Å²) in [5.74, 6) is -1.91. The summed E-state index contributed by atoms with van der Waals surface area (Å²) in [6.45, 7) is 3.69. The first-order valence-corrected chi connectivity index (χ1v) is 11.3. The lowest BCUT2D eigenvalue weighted by atomic mass is 10.1. The number of aromatic nitrogens is 3. The maximum atomic E-state index is 13.9. The van der Waals surface area contributed by atoms with Crippen molar-refractivity contribution in [1.29, 1.82) is 0 Å². The number of thioether (sulfide) groups is 1. The number of hydrogen-bond donors (Lipinski definition) is 2. The van der Waals surface area contributed by atoms with Crippen molar-refractivity contribution in [1.82, 2.24) is 20.1 Å². The molecule has 7 nitrogen and oxygen atoms in total. The molecule has 11 heteroatoms. The van der Waals surface area contributed by atoms with Crippen LogP contribution in [0.4, 0.5) is 14.5 Å². The van der Waals surface area contributed by atoms with Gasteiger partial charge in [0.25, 0.3) is 5.91 Å². The molecular formula is C21H20BrF2N5O2S. The van der Waals surface area contributed by atoms with Gasteiger partial charge in [-0.25, -0.2) is 8.78 Å². The van der Waals surface area contributed by atoms with Crippen molar-refractivity contribution < 1.29 is 18.4 Å². The van der Waals surface area contributed by atoms with E-state index in [9.17, 15) is 18.4 Å². The van der Waals surface area contributed by atoms with Gasteiger partial charge in [-0.1, -0.05) is 29.5 Å². The predicted octanol–water partition coefficient (Wildman–Crippen LogP) is 4.39. The third-order valence-electron chi connectivity index (χ3n) is 4.49. The molecule has 3 rings (SSSR count). The Hall–Kier alpha value is -2.79. The number of carbonyl (C=O) groups excluding carboxylic acids is 2. The Morgan fingerprint density at radius 1 is 1.22 bits per heavy atom. The number of rotatable bonds is 7. The number of aryl methyl sites for hydroxylation is 1. The highest BCUT2D eigenvalue weighted by atomic mass is 79.9. The van der Waals surface area contributed by atoms with Gasteiger partial charge in [-0.05, 0) is 48.0 Å². The van der Waals surface area contributed by atoms with Gasteiger partial charge < -0.3 is 15.2 Å². The second-order valence-corrected chi connectivity index (χ2v) is 8.84. The maximum absolute atomic E-state index is 13.9. The van der Waals surface area contributed by atoms with Crippen molar-refractivity contribution in [3.05, 3.63) is 69.5 Å². The molecule has 2 N–H and O–H groups in total. The van der Waals surface area contributed by atoms with Crippen molar-refractivity contribution in [2.75, 3.05) is 11.1 Å². The van der Waals surface area contributed by atoms with Gasteiger partial charge in [-0.15, -0.1) is 10.2 Å². The van der Waals surface area contributed by atoms with E-state index in [1.807, 2.05) is 19.1 Å². The van der Waals surface area contributed by atoms with Crippen LogP contribution in [0, 0.1) is 18.6 Å². The van der Waals surface area contributed by atoms with Gasteiger partial charge in [-0.3, -0.25) is 9.59 Å². The average Bonchev–Trinajstić information content (AvgIpc) is 3.09. The summed E-state index contributed by atoms with van der Waals surface area (Å²) in [5, 5.41) is 13.9. The van der Waals surface area contributed by atoms with E-state index < -0.39 is 23.6 Å². The molecule has 0 radical (unpaired) electrons. The number of benzene rings is 2. The lowest BCUT2D eigenvalue weighted by Crippen LogP contribution is -2.28. The molecule has 168 valence electrons. The van der Waals surface area contributed by atoms with E-state index in [1.54, 1.807) is 30.7 Å². The summed E-state index contributed by atoms with van der Waals surface area (Å²) < 4.78 is 28.9. The standard InChI is InChI=1S/C21H20BrF2N5O2S/c1-11-5-4-6-13(7-11)20(31)25-12(2)19-27-28-21(29(19)3)32-10-17(30)26-18-15(22)8-14(23)9-16(18)24/h4-9,12H,10H2,1-3H3,(H,25,31)(H,26,30)/t12-/m1/s1. The first-order chi connectivity index (χ1) is 15.2. The van der Waals surface area contributed by atoms with Crippen LogP contribution in [-0.2, 0) is 11.8 Å². The Labute approximate surface area is 196 Å². The van der Waals surface area contributed by atoms with Crippen LogP contribution in [0.5, 0.6) is 0 Å². The highest BCUT2D eigenvalue weighted by molar-refractivity contribution is 9.10. The van der Waals surface area contributed by atoms with Crippen LogP contribution in [0.1, 0.15) is 34.7 Å². The summed E-state index contributed by atoms with van der Waals surface area (Å²) in [4.78, 5) is 24.7. The molecule has 3 aromatic rings. The van der Waals surface area contributed by atoms with Gasteiger partial charge in [0.1, 0.15) is 5.82 Å². The van der Waals surface area contributed by atoms with E-state index in [1.165, 1.54) is 0 Å². The van der Waals surface area contributed by atoms with Gasteiger partial charge in [-0.2, -0.15) is 0 Å². The summed E-state index contributed by atoms with van der Waals surface area (Å²) in [6, 6.07) is 8.57. The van der Waals surface area contributed by atoms with E-state index >= 15 is 0 Å². The quantitative estimate of drug-likeness (QED) is 0.448. The number of carbonyl (C=O) groups is 2. The number of hydrogen-bond acceptors (Lipinski definition) is 5. The summed E-state index contributed by atoms with van der Waals surface area (Å²) in [5.41, 5.74) is 1.39. The zero-order valence-corrected chi connectivity index (χ0v) is 19.9. The summed E-state index contributed by atoms with van der Waals surface area (Å²) in [6.07, 6.45) is 0. The van der Waals surface area contributed by atoms with E-state index in [0.717, 1.165) is 23.4 Å². The molecule has 0 bridgehead atoms. The Bertz CT molecular complexity index is 1150. The van der Waals surface area contributed by atoms with E-state index in [2.05, 4.69) is 36.8 Å². The first-order valence-electron chi connectivity index (χ1n) is 9.49. The van der Waals surface area contributed by atoms with Gasteiger partial charge in [0, 0.05) is 23.2 Å². The zero-order valence-electron chi connectivity index (χ0n) is 17.4. The largest absolute Gasteiger partial charge is 0.342 e. The van der Waals surface area contributed by atoms with Crippen LogP contribution >= 0.6 is 27.7 Å². The van der Waals surface area contributed by atoms with Crippen LogP contribution in [0.2, 0.25) is 0 Å². The molecule has 0 aliphatic heterocycles. The number of nitrogens with one attached hydrogen (secondary N) is 2. The predicted molar refractivity (Wildman–Crippen MR) is 121 cm³/mol. The minimum atomic E-state index is -0.880. The number of amides is 2. The van der Waals surface area contributed by atoms with Crippen LogP contribution < -0.4 is 10.6 Å². The summed E-state index contributed by atoms with van der Waals surface area (Å²) >= 11 is 4.13. The van der Waals surface area contributed by atoms with Crippen molar-refractivity contribution in [2.24, 2.45) is 7.05 Å². The normalized spacial score (nSPS) is 11.8. The number of nitrogens with zero attached hydrogens (tertiary/aromatic N) is 3. The minimum Gasteiger partial charge on any atom is -0.342 e. The molecule has 0 unspecified atom stereocenters. The molecule has 1 atom stereocenters. The molecule has 0 saturated heterocycles. The molecule has 0 saturated carbocycles. The molecule has 2 amide bonds. The van der Waals surface area contributed by atoms with Gasteiger partial charge >= 0.3 is 0 Å². The highest BCUT2D eigenvalue weighted by Crippen LogP contribution is 2.27. The van der Waals surface area contributed by atoms with E-state index in [4.69, 9.17) is 0 Å². The zero-order chi connectivity index (χ0) is 23.4. The molecule has 2 aromatic carbocycles. The van der Waals surface area contributed by atoms with Gasteiger partial charge in [0.15, 0.2) is 16.8 Å². The topological polar surface area (TPSA) is 88.9 Å². The fraction of sp³-hybridized carbons (Fsp3) is 0.238. The fourth-order valence-corrected chi connectivity index (χ4v) is 4.15. The maximum Gasteiger partial charge on any atom is 0.251 e. The molecule has 1 aromatic heterocycles. The average molecular weight is 524 g/mol. The second kappa shape index (κ2) is 10.2. The third kappa shape index (κ3) is 5.71. The second-order valence-electron chi connectivity index (χ2n) is 7.05. The molecule has 0 spiro atoms. The number of anilines is 1. The minimum absolute atomic E-state index is 0.0702. The molecule has 32 heavy (non-hydrogen) atoms. The monoisotopic (exact) mass is 523 g/mol. The molecule has 1 heterocycles. The van der Waals surface area contributed by atoms with Crippen molar-refractivity contribution in [3.63, 3.8) is 0 Å². The van der Waals surface area contributed by atoms with Crippen molar-refractivity contribution in [3.8, 4) is 0 Å². The lowest BCUT2D eigenvalue weighted by Gasteiger charge is -2.14. The SMILES string of the molecule is Cc1cccc(C(=O)N[C@H](C)c2nnc(SCC(=O)Nc3c(F)cc(F)cc3Br)n2C)c1. The van der Waals surface area contributed by atoms with Crippen LogP contribution in [-0.4, -0.2) is 32.3 Å². The fourth-order valence-electron chi connectivity index (χ4n) is 2.93. The molecule has 0 fully saturated rings. The Morgan fingerprint density at radius 2 is 1.97 bits per heavy atom. The first kappa shape index (κ1) is 23.9. The lowest BCUT2D eigenvalue weighted by molar-refractivity contribution is -0.113. The van der Waals surface area contributed by atoms with Crippen LogP contribution in [0.15, 0.2) is 46.0 Å². The van der Waals surface area contributed by atoms with Gasteiger partial charge in [0.05, 0.1) is 17.5 Å². The Kier molecular flexibility index (Phi) is 7.62. The van der Waals surface area contributed by atoms with Crippen LogP contribution in [0.25, 0.3) is 0 Å². The third-order valence-corrected chi connectivity index (χ3v) is 6.13. The van der Waals surface area contributed by atoms with E-state index in [-0.39, 0.29) is 21.8 Å².